The quantitative estimate of drug-likeness (QED) is 0.673. The van der Waals surface area contributed by atoms with Crippen molar-refractivity contribution in [1.29, 1.82) is 0 Å². The molecular formula is C19H17Cl2FN2O5S. The second kappa shape index (κ2) is 8.79. The van der Waals surface area contributed by atoms with E-state index >= 15 is 0 Å². The van der Waals surface area contributed by atoms with Gasteiger partial charge in [-0.15, -0.1) is 0 Å². The molecule has 1 aliphatic rings. The molecule has 0 unspecified atom stereocenters. The number of hydrogen-bond acceptors (Lipinski definition) is 4. The Morgan fingerprint density at radius 3 is 2.33 bits per heavy atom. The lowest BCUT2D eigenvalue weighted by atomic mass is 10.1. The van der Waals surface area contributed by atoms with Gasteiger partial charge >= 0.3 is 5.97 Å². The number of sulfonamides is 1. The summed E-state index contributed by atoms with van der Waals surface area (Å²) >= 11 is 11.8. The lowest BCUT2D eigenvalue weighted by Crippen LogP contribution is -2.36. The summed E-state index contributed by atoms with van der Waals surface area (Å²) in [6.45, 7) is 1.11. The third kappa shape index (κ3) is 4.69. The van der Waals surface area contributed by atoms with E-state index < -0.39 is 37.3 Å². The Bertz CT molecular complexity index is 1120. The minimum Gasteiger partial charge on any atom is -0.478 e. The van der Waals surface area contributed by atoms with Crippen LogP contribution in [0.5, 0.6) is 0 Å². The van der Waals surface area contributed by atoms with Gasteiger partial charge in [0, 0.05) is 18.1 Å². The Labute approximate surface area is 182 Å². The van der Waals surface area contributed by atoms with E-state index in [0.717, 1.165) is 19.3 Å². The first-order valence-electron chi connectivity index (χ1n) is 8.94. The van der Waals surface area contributed by atoms with E-state index in [-0.39, 0.29) is 22.2 Å². The third-order valence-corrected chi connectivity index (χ3v) is 6.71. The van der Waals surface area contributed by atoms with Gasteiger partial charge in [-0.25, -0.2) is 17.6 Å². The summed E-state index contributed by atoms with van der Waals surface area (Å²) in [6.07, 6.45) is 2.71. The number of likely N-dealkylation sites (tertiary alicyclic amines) is 1. The smallest absolute Gasteiger partial charge is 0.338 e. The third-order valence-electron chi connectivity index (χ3n) is 4.64. The maximum Gasteiger partial charge on any atom is 0.338 e. The fourth-order valence-electron chi connectivity index (χ4n) is 3.15. The first-order valence-corrected chi connectivity index (χ1v) is 11.2. The van der Waals surface area contributed by atoms with Gasteiger partial charge in [0.15, 0.2) is 0 Å². The van der Waals surface area contributed by atoms with Crippen molar-refractivity contribution in [2.75, 3.05) is 17.8 Å². The molecule has 0 aliphatic carbocycles. The Morgan fingerprint density at radius 1 is 1.03 bits per heavy atom. The average molecular weight is 475 g/mol. The van der Waals surface area contributed by atoms with Crippen LogP contribution in [0.4, 0.5) is 10.1 Å². The molecule has 0 saturated carbocycles. The van der Waals surface area contributed by atoms with Crippen LogP contribution in [0.1, 0.15) is 40.0 Å². The van der Waals surface area contributed by atoms with Crippen molar-refractivity contribution in [2.45, 2.75) is 24.2 Å². The molecule has 30 heavy (non-hydrogen) atoms. The number of nitrogens with zero attached hydrogens (tertiary/aromatic N) is 1. The summed E-state index contributed by atoms with van der Waals surface area (Å²) in [5, 5.41) is 8.74. The topological polar surface area (TPSA) is 104 Å². The average Bonchev–Trinajstić information content (AvgIpc) is 2.67. The second-order valence-corrected chi connectivity index (χ2v) is 9.21. The standard InChI is InChI=1S/C19H17Cl2FN2O5S/c20-11-4-5-12(18(25)24-6-2-1-3-7-24)16(8-11)23-30(28,29)17-9-13(19(26)27)15(22)10-14(17)21/h4-5,8-10,23H,1-3,6-7H2,(H,26,27). The molecule has 0 aromatic heterocycles. The Morgan fingerprint density at radius 2 is 1.70 bits per heavy atom. The molecule has 0 spiro atoms. The summed E-state index contributed by atoms with van der Waals surface area (Å²) in [6, 6.07) is 5.37. The van der Waals surface area contributed by atoms with Gasteiger partial charge in [-0.3, -0.25) is 9.52 Å². The van der Waals surface area contributed by atoms with Gasteiger partial charge in [0.25, 0.3) is 15.9 Å². The van der Waals surface area contributed by atoms with Crippen LogP contribution in [-0.4, -0.2) is 43.4 Å². The van der Waals surface area contributed by atoms with E-state index in [9.17, 15) is 22.4 Å². The molecule has 2 aromatic carbocycles. The number of aromatic carboxylic acids is 1. The van der Waals surface area contributed by atoms with Crippen LogP contribution in [0.2, 0.25) is 10.0 Å². The molecule has 2 aromatic rings. The first-order chi connectivity index (χ1) is 14.1. The molecule has 0 bridgehead atoms. The number of carboxylic acid groups (broad SMARTS) is 1. The lowest BCUT2D eigenvalue weighted by molar-refractivity contribution is 0.0689. The Kier molecular flexibility index (Phi) is 6.54. The molecular weight excluding hydrogens is 458 g/mol. The van der Waals surface area contributed by atoms with Gasteiger partial charge in [-0.05, 0) is 49.6 Å². The highest BCUT2D eigenvalue weighted by atomic mass is 35.5. The van der Waals surface area contributed by atoms with Crippen molar-refractivity contribution in [3.63, 3.8) is 0 Å². The van der Waals surface area contributed by atoms with Crippen LogP contribution >= 0.6 is 23.2 Å². The lowest BCUT2D eigenvalue weighted by Gasteiger charge is -2.27. The fraction of sp³-hybridized carbons (Fsp3) is 0.263. The van der Waals surface area contributed by atoms with E-state index in [1.54, 1.807) is 4.90 Å². The number of carbonyl (C=O) groups excluding carboxylic acids is 1. The zero-order chi connectivity index (χ0) is 22.1. The van der Waals surface area contributed by atoms with Crippen molar-refractivity contribution in [3.05, 3.63) is 57.3 Å². The van der Waals surface area contributed by atoms with Crippen molar-refractivity contribution in [1.82, 2.24) is 4.90 Å². The van der Waals surface area contributed by atoms with Crippen molar-refractivity contribution >= 4 is 50.8 Å². The largest absolute Gasteiger partial charge is 0.478 e. The molecule has 1 fully saturated rings. The van der Waals surface area contributed by atoms with Crippen LogP contribution in [0.3, 0.4) is 0 Å². The van der Waals surface area contributed by atoms with Gasteiger partial charge in [-0.1, -0.05) is 23.2 Å². The molecule has 7 nitrogen and oxygen atoms in total. The van der Waals surface area contributed by atoms with Gasteiger partial charge in [0.2, 0.25) is 0 Å². The summed E-state index contributed by atoms with van der Waals surface area (Å²) in [5.74, 6) is -3.18. The van der Waals surface area contributed by atoms with Crippen LogP contribution in [0.15, 0.2) is 35.2 Å². The van der Waals surface area contributed by atoms with Crippen LogP contribution in [-0.2, 0) is 10.0 Å². The van der Waals surface area contributed by atoms with Crippen LogP contribution in [0.25, 0.3) is 0 Å². The number of anilines is 1. The van der Waals surface area contributed by atoms with Crippen LogP contribution in [0, 0.1) is 5.82 Å². The molecule has 1 amide bonds. The van der Waals surface area contributed by atoms with Gasteiger partial charge < -0.3 is 10.0 Å². The van der Waals surface area contributed by atoms with Gasteiger partial charge in [0.1, 0.15) is 10.7 Å². The minimum atomic E-state index is -4.46. The maximum absolute atomic E-state index is 13.8. The molecule has 11 heteroatoms. The summed E-state index contributed by atoms with van der Waals surface area (Å²) < 4.78 is 41.8. The predicted octanol–water partition coefficient (Wildman–Crippen LogP) is 4.26. The highest BCUT2D eigenvalue weighted by molar-refractivity contribution is 7.92. The van der Waals surface area contributed by atoms with Crippen molar-refractivity contribution in [2.24, 2.45) is 0 Å². The van der Waals surface area contributed by atoms with Gasteiger partial charge in [0.05, 0.1) is 21.8 Å². The highest BCUT2D eigenvalue weighted by Crippen LogP contribution is 2.30. The molecule has 0 radical (unpaired) electrons. The predicted molar refractivity (Wildman–Crippen MR) is 110 cm³/mol. The Hall–Kier alpha value is -2.36. The monoisotopic (exact) mass is 474 g/mol. The molecule has 160 valence electrons. The number of hydrogen-bond donors (Lipinski definition) is 2. The van der Waals surface area contributed by atoms with Crippen molar-refractivity contribution in [3.8, 4) is 0 Å². The fourth-order valence-corrected chi connectivity index (χ4v) is 4.94. The minimum absolute atomic E-state index is 0.0848. The number of carbonyl (C=O) groups is 2. The summed E-state index contributed by atoms with van der Waals surface area (Å²) in [5.41, 5.74) is -0.854. The number of amides is 1. The molecule has 1 aliphatic heterocycles. The summed E-state index contributed by atoms with van der Waals surface area (Å²) in [7, 11) is -4.46. The van der Waals surface area contributed by atoms with E-state index in [1.165, 1.54) is 18.2 Å². The summed E-state index contributed by atoms with van der Waals surface area (Å²) in [4.78, 5) is 25.1. The number of piperidine rings is 1. The zero-order valence-corrected chi connectivity index (χ0v) is 17.8. The van der Waals surface area contributed by atoms with E-state index in [1.807, 2.05) is 0 Å². The number of carboxylic acids is 1. The number of nitrogens with one attached hydrogen (secondary N) is 1. The molecule has 3 rings (SSSR count). The zero-order valence-electron chi connectivity index (χ0n) is 15.5. The van der Waals surface area contributed by atoms with E-state index in [2.05, 4.69) is 4.72 Å². The molecule has 2 N–H and O–H groups in total. The maximum atomic E-state index is 13.8. The molecule has 1 heterocycles. The first kappa shape index (κ1) is 22.3. The molecule has 0 atom stereocenters. The highest BCUT2D eigenvalue weighted by Gasteiger charge is 2.27. The van der Waals surface area contributed by atoms with Crippen molar-refractivity contribution < 1.29 is 27.5 Å². The number of halogens is 3. The van der Waals surface area contributed by atoms with E-state index in [4.69, 9.17) is 28.3 Å². The number of rotatable bonds is 5. The van der Waals surface area contributed by atoms with Crippen LogP contribution < -0.4 is 4.72 Å². The number of benzene rings is 2. The SMILES string of the molecule is O=C(O)c1cc(S(=O)(=O)Nc2cc(Cl)ccc2C(=O)N2CCCCC2)c(Cl)cc1F. The van der Waals surface area contributed by atoms with Gasteiger partial charge in [-0.2, -0.15) is 0 Å². The molecule has 1 saturated heterocycles. The normalized spacial score (nSPS) is 14.4. The Balaban J connectivity index is 2.01. The van der Waals surface area contributed by atoms with E-state index in [0.29, 0.717) is 25.2 Å². The second-order valence-electron chi connectivity index (χ2n) is 6.72.